The number of nitro groups is 1. The molecule has 4 rings (SSSR count). The summed E-state index contributed by atoms with van der Waals surface area (Å²) in [5.41, 5.74) is 8.19. The van der Waals surface area contributed by atoms with Crippen molar-refractivity contribution in [3.05, 3.63) is 112 Å². The summed E-state index contributed by atoms with van der Waals surface area (Å²) < 4.78 is 5.35. The zero-order valence-electron chi connectivity index (χ0n) is 20.0. The lowest BCUT2D eigenvalue weighted by molar-refractivity contribution is -0.385. The predicted octanol–water partition coefficient (Wildman–Crippen LogP) is 5.12. The maximum absolute atomic E-state index is 12.7. The number of hydrogen-bond donors (Lipinski definition) is 4. The van der Waals surface area contributed by atoms with Crippen molar-refractivity contribution >= 4 is 23.2 Å². The van der Waals surface area contributed by atoms with Crippen LogP contribution in [0.3, 0.4) is 0 Å². The molecular formula is C27H24N4O6. The summed E-state index contributed by atoms with van der Waals surface area (Å²) in [4.78, 5) is 35.2. The molecule has 10 heteroatoms. The number of phenolic OH excluding ortho intramolecular Hbond substituents is 1. The molecule has 0 unspecified atom stereocenters. The summed E-state index contributed by atoms with van der Waals surface area (Å²) in [6.07, 6.45) is 1.36. The second-order valence-corrected chi connectivity index (χ2v) is 8.39. The number of hydrazine groups is 1. The monoisotopic (exact) mass is 500 g/mol. The maximum atomic E-state index is 12.7. The zero-order valence-corrected chi connectivity index (χ0v) is 20.0. The van der Waals surface area contributed by atoms with Crippen molar-refractivity contribution < 1.29 is 24.0 Å². The predicted molar refractivity (Wildman–Crippen MR) is 137 cm³/mol. The number of carbonyl (C=O) groups is 2. The van der Waals surface area contributed by atoms with Gasteiger partial charge in [-0.1, -0.05) is 42.0 Å². The Hall–Kier alpha value is -5.12. The highest BCUT2D eigenvalue weighted by Crippen LogP contribution is 2.28. The van der Waals surface area contributed by atoms with Gasteiger partial charge in [0.2, 0.25) is 5.76 Å². The molecule has 0 saturated carbocycles. The molecule has 4 aromatic rings. The van der Waals surface area contributed by atoms with Crippen LogP contribution in [0.15, 0.2) is 83.5 Å². The Morgan fingerprint density at radius 3 is 2.41 bits per heavy atom. The van der Waals surface area contributed by atoms with Gasteiger partial charge in [-0.25, -0.2) is 0 Å². The van der Waals surface area contributed by atoms with E-state index in [4.69, 9.17) is 4.42 Å². The van der Waals surface area contributed by atoms with E-state index in [1.807, 2.05) is 30.3 Å². The van der Waals surface area contributed by atoms with E-state index in [0.717, 1.165) is 23.4 Å². The Bertz CT molecular complexity index is 1460. The minimum atomic E-state index is -0.816. The number of furan rings is 1. The number of nitro benzene ring substituents is 1. The normalized spacial score (nSPS) is 11.4. The Balaban J connectivity index is 1.41. The summed E-state index contributed by atoms with van der Waals surface area (Å²) in [5, 5.41) is 24.0. The van der Waals surface area contributed by atoms with Crippen molar-refractivity contribution in [3.63, 3.8) is 0 Å². The van der Waals surface area contributed by atoms with Crippen LogP contribution in [0, 0.1) is 17.0 Å². The second-order valence-electron chi connectivity index (χ2n) is 8.39. The molecule has 0 spiro atoms. The van der Waals surface area contributed by atoms with E-state index < -0.39 is 28.2 Å². The van der Waals surface area contributed by atoms with E-state index in [-0.39, 0.29) is 17.4 Å². The van der Waals surface area contributed by atoms with Crippen molar-refractivity contribution in [2.24, 2.45) is 0 Å². The van der Waals surface area contributed by atoms with Gasteiger partial charge in [-0.3, -0.25) is 30.6 Å². The van der Waals surface area contributed by atoms with Gasteiger partial charge in [-0.05, 0) is 55.3 Å². The number of hydrogen-bond acceptors (Lipinski definition) is 7. The lowest BCUT2D eigenvalue weighted by Gasteiger charge is -2.16. The number of nitrogens with one attached hydrogen (secondary N) is 3. The highest BCUT2D eigenvalue weighted by atomic mass is 16.6. The molecular weight excluding hydrogens is 476 g/mol. The molecule has 2 amide bonds. The largest absolute Gasteiger partial charge is 0.502 e. The summed E-state index contributed by atoms with van der Waals surface area (Å²) in [7, 11) is 0. The number of carbonyl (C=O) groups excluding carboxylic acids is 2. The third kappa shape index (κ3) is 5.76. The molecule has 3 aromatic carbocycles. The average Bonchev–Trinajstić information content (AvgIpc) is 3.38. The molecule has 1 heterocycles. The van der Waals surface area contributed by atoms with Gasteiger partial charge in [-0.2, -0.15) is 0 Å². The first-order valence-electron chi connectivity index (χ1n) is 11.3. The van der Waals surface area contributed by atoms with Crippen LogP contribution in [0.4, 0.5) is 11.4 Å². The Kier molecular flexibility index (Phi) is 7.19. The molecule has 0 bridgehead atoms. The summed E-state index contributed by atoms with van der Waals surface area (Å²) in [6.45, 7) is 4.13. The number of aryl methyl sites for hydroxylation is 1. The standard InChI is InChI=1S/C27H24N4O6/c1-16-4-3-5-19(14-16)17(2)28-21-9-6-18(7-10-21)22-12-13-37-25(22)27(34)30-29-26(33)20-8-11-24(32)23(15-20)31(35)36/h3-15,17,28,32H,1-2H3,(H,29,33)(H,30,34)/t17-/m0/s1. The highest BCUT2D eigenvalue weighted by molar-refractivity contribution is 6.01. The SMILES string of the molecule is Cc1cccc([C@H](C)Nc2ccc(-c3ccoc3C(=O)NNC(=O)c3ccc(O)c([N+](=O)[O-])c3)cc2)c1. The number of phenols is 1. The van der Waals surface area contributed by atoms with Crippen LogP contribution in [-0.4, -0.2) is 21.8 Å². The number of amides is 2. The molecule has 1 aromatic heterocycles. The third-order valence-corrected chi connectivity index (χ3v) is 5.72. The number of anilines is 1. The number of benzene rings is 3. The lowest BCUT2D eigenvalue weighted by atomic mass is 10.0. The summed E-state index contributed by atoms with van der Waals surface area (Å²) in [6, 6.07) is 20.6. The van der Waals surface area contributed by atoms with Crippen molar-refractivity contribution in [2.45, 2.75) is 19.9 Å². The van der Waals surface area contributed by atoms with Gasteiger partial charge < -0.3 is 14.8 Å². The van der Waals surface area contributed by atoms with Crippen LogP contribution < -0.4 is 16.2 Å². The van der Waals surface area contributed by atoms with Gasteiger partial charge >= 0.3 is 11.6 Å². The fraction of sp³-hybridized carbons (Fsp3) is 0.111. The van der Waals surface area contributed by atoms with Gasteiger partial charge in [0.1, 0.15) is 0 Å². The van der Waals surface area contributed by atoms with Crippen LogP contribution in [0.5, 0.6) is 5.75 Å². The molecule has 0 saturated heterocycles. The Morgan fingerprint density at radius 1 is 0.973 bits per heavy atom. The van der Waals surface area contributed by atoms with Gasteiger partial charge in [0.25, 0.3) is 5.91 Å². The molecule has 0 fully saturated rings. The Morgan fingerprint density at radius 2 is 1.70 bits per heavy atom. The first-order valence-corrected chi connectivity index (χ1v) is 11.3. The number of nitrogens with zero attached hydrogens (tertiary/aromatic N) is 1. The fourth-order valence-corrected chi connectivity index (χ4v) is 3.78. The average molecular weight is 501 g/mol. The van der Waals surface area contributed by atoms with Crippen LogP contribution >= 0.6 is 0 Å². The topological polar surface area (TPSA) is 147 Å². The van der Waals surface area contributed by atoms with E-state index in [9.17, 15) is 24.8 Å². The highest BCUT2D eigenvalue weighted by Gasteiger charge is 2.20. The van der Waals surface area contributed by atoms with Gasteiger partial charge in [0.05, 0.1) is 11.2 Å². The molecule has 0 radical (unpaired) electrons. The van der Waals surface area contributed by atoms with E-state index in [0.29, 0.717) is 5.56 Å². The molecule has 0 aliphatic carbocycles. The first-order chi connectivity index (χ1) is 17.7. The number of rotatable bonds is 7. The smallest absolute Gasteiger partial charge is 0.311 e. The fourth-order valence-electron chi connectivity index (χ4n) is 3.78. The van der Waals surface area contributed by atoms with Crippen LogP contribution in [0.25, 0.3) is 11.1 Å². The minimum absolute atomic E-state index is 0.0224. The van der Waals surface area contributed by atoms with Gasteiger partial charge in [-0.15, -0.1) is 0 Å². The number of aromatic hydroxyl groups is 1. The lowest BCUT2D eigenvalue weighted by Crippen LogP contribution is -2.41. The maximum Gasteiger partial charge on any atom is 0.311 e. The first kappa shape index (κ1) is 25.0. The third-order valence-electron chi connectivity index (χ3n) is 5.72. The molecule has 188 valence electrons. The molecule has 0 aliphatic rings. The van der Waals surface area contributed by atoms with E-state index >= 15 is 0 Å². The minimum Gasteiger partial charge on any atom is -0.502 e. The van der Waals surface area contributed by atoms with Crippen molar-refractivity contribution in [2.75, 3.05) is 5.32 Å². The Labute approximate surface area is 212 Å². The summed E-state index contributed by atoms with van der Waals surface area (Å²) >= 11 is 0. The quantitative estimate of drug-likeness (QED) is 0.203. The molecule has 37 heavy (non-hydrogen) atoms. The van der Waals surface area contributed by atoms with E-state index in [2.05, 4.69) is 48.2 Å². The molecule has 0 aliphatic heterocycles. The second kappa shape index (κ2) is 10.6. The van der Waals surface area contributed by atoms with Crippen LogP contribution in [-0.2, 0) is 0 Å². The molecule has 4 N–H and O–H groups in total. The summed E-state index contributed by atoms with van der Waals surface area (Å²) in [5.74, 6) is -2.11. The van der Waals surface area contributed by atoms with Crippen LogP contribution in [0.2, 0.25) is 0 Å². The molecule has 10 nitrogen and oxygen atoms in total. The van der Waals surface area contributed by atoms with Gasteiger partial charge in [0.15, 0.2) is 5.75 Å². The van der Waals surface area contributed by atoms with E-state index in [1.165, 1.54) is 23.5 Å². The van der Waals surface area contributed by atoms with Crippen molar-refractivity contribution in [1.29, 1.82) is 0 Å². The van der Waals surface area contributed by atoms with Gasteiger partial charge in [0, 0.05) is 28.9 Å². The van der Waals surface area contributed by atoms with E-state index in [1.54, 1.807) is 6.07 Å². The van der Waals surface area contributed by atoms with Crippen molar-refractivity contribution in [1.82, 2.24) is 10.9 Å². The molecule has 1 atom stereocenters. The van der Waals surface area contributed by atoms with Crippen LogP contribution in [0.1, 0.15) is 45.0 Å². The zero-order chi connectivity index (χ0) is 26.5. The van der Waals surface area contributed by atoms with Crippen molar-refractivity contribution in [3.8, 4) is 16.9 Å².